The lowest BCUT2D eigenvalue weighted by atomic mass is 10.2. The van der Waals surface area contributed by atoms with Gasteiger partial charge in [-0.25, -0.2) is 0 Å². The lowest BCUT2D eigenvalue weighted by Gasteiger charge is -2.17. The second-order valence-corrected chi connectivity index (χ2v) is 4.24. The van der Waals surface area contributed by atoms with Crippen LogP contribution >= 0.6 is 34.8 Å². The third-order valence-corrected chi connectivity index (χ3v) is 2.09. The van der Waals surface area contributed by atoms with Crippen LogP contribution in [0.4, 0.5) is 0 Å². The highest BCUT2D eigenvalue weighted by atomic mass is 35.6. The third-order valence-electron chi connectivity index (χ3n) is 0.973. The summed E-state index contributed by atoms with van der Waals surface area (Å²) in [4.78, 5) is 9.68. The highest BCUT2D eigenvalue weighted by Crippen LogP contribution is 2.34. The molecule has 60 valence electrons. The highest BCUT2D eigenvalue weighted by molar-refractivity contribution is 6.67. The van der Waals surface area contributed by atoms with Crippen LogP contribution in [0.2, 0.25) is 0 Å². The lowest BCUT2D eigenvalue weighted by molar-refractivity contribution is -0.129. The molecule has 0 fully saturated rings. The molecule has 0 rings (SSSR count). The van der Waals surface area contributed by atoms with E-state index in [1.165, 1.54) is 0 Å². The summed E-state index contributed by atoms with van der Waals surface area (Å²) in [6.07, 6.45) is 0. The van der Waals surface area contributed by atoms with E-state index < -0.39 is 3.79 Å². The molecule has 0 aliphatic carbocycles. The van der Waals surface area contributed by atoms with Crippen LogP contribution in [0.3, 0.4) is 0 Å². The minimum atomic E-state index is -1.36. The van der Waals surface area contributed by atoms with Gasteiger partial charge in [-0.1, -0.05) is 41.7 Å². The minimum Gasteiger partial charge on any atom is -0.467 e. The van der Waals surface area contributed by atoms with Crippen LogP contribution in [0.5, 0.6) is 0 Å². The number of hydrogen-bond donors (Lipinski definition) is 0. The van der Waals surface area contributed by atoms with E-state index in [4.69, 9.17) is 34.8 Å². The van der Waals surface area contributed by atoms with Crippen LogP contribution in [0.1, 0.15) is 6.92 Å². The number of hydrogen-bond acceptors (Lipinski definition) is 2. The Hall–Kier alpha value is 0.340. The van der Waals surface area contributed by atoms with Crippen LogP contribution in [0, 0.1) is 5.92 Å². The second kappa shape index (κ2) is 4.27. The molecule has 0 aromatic rings. The van der Waals surface area contributed by atoms with E-state index in [-0.39, 0.29) is 12.5 Å². The Kier molecular flexibility index (Phi) is 4.41. The quantitative estimate of drug-likeness (QED) is 0.521. The standard InChI is InChI=1S/C5H7Cl3O2/c1-4(2-10-3-9)5(6,7)8/h3-4H,2H2,1H3. The van der Waals surface area contributed by atoms with Crippen molar-refractivity contribution in [2.45, 2.75) is 10.7 Å². The van der Waals surface area contributed by atoms with Gasteiger partial charge in [-0.3, -0.25) is 4.79 Å². The van der Waals surface area contributed by atoms with Crippen LogP contribution in [-0.2, 0) is 9.53 Å². The van der Waals surface area contributed by atoms with Crippen LogP contribution < -0.4 is 0 Å². The molecular formula is C5H7Cl3O2. The lowest BCUT2D eigenvalue weighted by Crippen LogP contribution is -2.20. The molecule has 0 aromatic heterocycles. The fraction of sp³-hybridized carbons (Fsp3) is 0.800. The van der Waals surface area contributed by atoms with Crippen molar-refractivity contribution in [3.05, 3.63) is 0 Å². The van der Waals surface area contributed by atoms with Gasteiger partial charge in [0.15, 0.2) is 3.79 Å². The maximum atomic E-state index is 9.68. The molecule has 0 saturated heterocycles. The Bertz CT molecular complexity index is 110. The monoisotopic (exact) mass is 204 g/mol. The van der Waals surface area contributed by atoms with Crippen LogP contribution in [0.25, 0.3) is 0 Å². The zero-order chi connectivity index (χ0) is 8.20. The van der Waals surface area contributed by atoms with Crippen molar-refractivity contribution in [3.8, 4) is 0 Å². The maximum Gasteiger partial charge on any atom is 0.293 e. The number of ether oxygens (including phenoxy) is 1. The first-order valence-electron chi connectivity index (χ1n) is 2.60. The number of alkyl halides is 3. The van der Waals surface area contributed by atoms with Gasteiger partial charge in [0.05, 0.1) is 6.61 Å². The first-order chi connectivity index (χ1) is 4.48. The average molecular weight is 205 g/mol. The summed E-state index contributed by atoms with van der Waals surface area (Å²) in [6.45, 7) is 2.13. The molecule has 2 nitrogen and oxygen atoms in total. The summed E-state index contributed by atoms with van der Waals surface area (Å²) >= 11 is 16.4. The van der Waals surface area contributed by atoms with Gasteiger partial charge in [0.1, 0.15) is 0 Å². The molecule has 10 heavy (non-hydrogen) atoms. The Labute approximate surface area is 74.4 Å². The van der Waals surface area contributed by atoms with Gasteiger partial charge in [-0.05, 0) is 0 Å². The molecule has 0 N–H and O–H groups in total. The summed E-state index contributed by atoms with van der Waals surface area (Å²) < 4.78 is 3.03. The maximum absolute atomic E-state index is 9.68. The summed E-state index contributed by atoms with van der Waals surface area (Å²) in [5, 5.41) is 0. The van der Waals surface area contributed by atoms with E-state index in [1.807, 2.05) is 0 Å². The van der Waals surface area contributed by atoms with E-state index in [0.717, 1.165) is 0 Å². The molecule has 0 bridgehead atoms. The van der Waals surface area contributed by atoms with Gasteiger partial charge in [-0.2, -0.15) is 0 Å². The molecule has 0 radical (unpaired) electrons. The van der Waals surface area contributed by atoms with E-state index in [0.29, 0.717) is 6.47 Å². The Morgan fingerprint density at radius 1 is 1.60 bits per heavy atom. The number of rotatable bonds is 3. The predicted molar refractivity (Wildman–Crippen MR) is 41.5 cm³/mol. The summed E-state index contributed by atoms with van der Waals surface area (Å²) in [7, 11) is 0. The summed E-state index contributed by atoms with van der Waals surface area (Å²) in [6, 6.07) is 0. The zero-order valence-corrected chi connectivity index (χ0v) is 7.58. The number of carbonyl (C=O) groups excluding carboxylic acids is 1. The van der Waals surface area contributed by atoms with Gasteiger partial charge in [-0.15, -0.1) is 0 Å². The molecule has 0 heterocycles. The molecule has 0 saturated carbocycles. The topological polar surface area (TPSA) is 26.3 Å². The fourth-order valence-corrected chi connectivity index (χ4v) is 0.467. The van der Waals surface area contributed by atoms with E-state index >= 15 is 0 Å². The van der Waals surface area contributed by atoms with Crippen molar-refractivity contribution in [1.82, 2.24) is 0 Å². The van der Waals surface area contributed by atoms with Gasteiger partial charge >= 0.3 is 0 Å². The summed E-state index contributed by atoms with van der Waals surface area (Å²) in [5.41, 5.74) is 0. The molecule has 5 heteroatoms. The molecular weight excluding hydrogens is 198 g/mol. The zero-order valence-electron chi connectivity index (χ0n) is 5.31. The normalized spacial score (nSPS) is 14.4. The Morgan fingerprint density at radius 3 is 2.40 bits per heavy atom. The molecule has 1 unspecified atom stereocenters. The van der Waals surface area contributed by atoms with Gasteiger partial charge in [0.2, 0.25) is 0 Å². The average Bonchev–Trinajstić information content (AvgIpc) is 1.80. The Morgan fingerprint density at radius 2 is 2.10 bits per heavy atom. The van der Waals surface area contributed by atoms with Gasteiger partial charge in [0.25, 0.3) is 6.47 Å². The second-order valence-electron chi connectivity index (χ2n) is 1.87. The van der Waals surface area contributed by atoms with Crippen LogP contribution in [0.15, 0.2) is 0 Å². The first kappa shape index (κ1) is 10.3. The SMILES string of the molecule is CC(COC=O)C(Cl)(Cl)Cl. The van der Waals surface area contributed by atoms with Gasteiger partial charge < -0.3 is 4.74 Å². The van der Waals surface area contributed by atoms with Crippen LogP contribution in [-0.4, -0.2) is 16.9 Å². The fourth-order valence-electron chi connectivity index (χ4n) is 0.278. The molecule has 0 spiro atoms. The smallest absolute Gasteiger partial charge is 0.293 e. The van der Waals surface area contributed by atoms with E-state index in [1.54, 1.807) is 6.92 Å². The number of halogens is 3. The van der Waals surface area contributed by atoms with Crippen molar-refractivity contribution in [2.75, 3.05) is 6.61 Å². The molecule has 0 amide bonds. The van der Waals surface area contributed by atoms with Crippen molar-refractivity contribution in [1.29, 1.82) is 0 Å². The Balaban J connectivity index is 3.61. The van der Waals surface area contributed by atoms with E-state index in [9.17, 15) is 4.79 Å². The van der Waals surface area contributed by atoms with Crippen molar-refractivity contribution in [2.24, 2.45) is 5.92 Å². The van der Waals surface area contributed by atoms with Gasteiger partial charge in [0, 0.05) is 5.92 Å². The minimum absolute atomic E-state index is 0.125. The predicted octanol–water partition coefficient (Wildman–Crippen LogP) is 2.17. The molecule has 0 aliphatic heterocycles. The van der Waals surface area contributed by atoms with Crippen molar-refractivity contribution < 1.29 is 9.53 Å². The van der Waals surface area contributed by atoms with E-state index in [2.05, 4.69) is 4.74 Å². The molecule has 0 aliphatic rings. The summed E-state index contributed by atoms with van der Waals surface area (Å²) in [5.74, 6) is -0.289. The number of carbonyl (C=O) groups is 1. The largest absolute Gasteiger partial charge is 0.467 e. The highest BCUT2D eigenvalue weighted by Gasteiger charge is 2.28. The van der Waals surface area contributed by atoms with Crippen molar-refractivity contribution >= 4 is 41.3 Å². The third kappa shape index (κ3) is 4.20. The molecule has 0 aromatic carbocycles. The first-order valence-corrected chi connectivity index (χ1v) is 3.74. The molecule has 1 atom stereocenters. The van der Waals surface area contributed by atoms with Crippen molar-refractivity contribution in [3.63, 3.8) is 0 Å².